The third-order valence-electron chi connectivity index (χ3n) is 3.84. The molecule has 1 aromatic heterocycles. The van der Waals surface area contributed by atoms with E-state index < -0.39 is 10.0 Å². The van der Waals surface area contributed by atoms with Gasteiger partial charge >= 0.3 is 0 Å². The van der Waals surface area contributed by atoms with Crippen molar-refractivity contribution in [3.05, 3.63) is 34.2 Å². The van der Waals surface area contributed by atoms with E-state index in [1.807, 2.05) is 13.8 Å². The highest BCUT2D eigenvalue weighted by molar-refractivity contribution is 7.89. The highest BCUT2D eigenvalue weighted by atomic mass is 32.2. The summed E-state index contributed by atoms with van der Waals surface area (Å²) < 4.78 is 31.9. The van der Waals surface area contributed by atoms with E-state index >= 15 is 0 Å². The fraction of sp³-hybridized carbons (Fsp3) is 0.467. The Kier molecular flexibility index (Phi) is 4.22. The van der Waals surface area contributed by atoms with Crippen LogP contribution < -0.4 is 5.56 Å². The summed E-state index contributed by atoms with van der Waals surface area (Å²) in [6.45, 7) is 5.23. The molecular weight excluding hydrogens is 318 g/mol. The average Bonchev–Trinajstić information content (AvgIpc) is 2.54. The first-order valence-electron chi connectivity index (χ1n) is 7.51. The molecule has 1 fully saturated rings. The van der Waals surface area contributed by atoms with Gasteiger partial charge in [-0.25, -0.2) is 13.4 Å². The summed E-state index contributed by atoms with van der Waals surface area (Å²) in [5, 5.41) is 0. The van der Waals surface area contributed by atoms with Crippen LogP contribution in [0.3, 0.4) is 0 Å². The summed E-state index contributed by atoms with van der Waals surface area (Å²) in [6.07, 6.45) is 0. The van der Waals surface area contributed by atoms with Gasteiger partial charge in [-0.05, 0) is 18.2 Å². The number of ether oxygens (including phenoxy) is 1. The first kappa shape index (κ1) is 16.1. The monoisotopic (exact) mass is 337 g/mol. The second-order valence-electron chi connectivity index (χ2n) is 5.80. The van der Waals surface area contributed by atoms with E-state index in [0.29, 0.717) is 43.0 Å². The van der Waals surface area contributed by atoms with Gasteiger partial charge in [-0.3, -0.25) is 4.79 Å². The molecule has 0 radical (unpaired) electrons. The van der Waals surface area contributed by atoms with Gasteiger partial charge in [0.25, 0.3) is 5.56 Å². The molecule has 0 unspecified atom stereocenters. The van der Waals surface area contributed by atoms with Crippen LogP contribution in [0.2, 0.25) is 0 Å². The molecule has 0 bridgehead atoms. The maximum atomic E-state index is 12.6. The van der Waals surface area contributed by atoms with Crippen molar-refractivity contribution in [3.63, 3.8) is 0 Å². The Hall–Kier alpha value is -1.77. The summed E-state index contributed by atoms with van der Waals surface area (Å²) in [5.41, 5.74) is 1.16. The molecule has 0 atom stereocenters. The maximum Gasteiger partial charge on any atom is 0.270 e. The van der Waals surface area contributed by atoms with Gasteiger partial charge in [0.05, 0.1) is 29.1 Å². The van der Waals surface area contributed by atoms with Crippen molar-refractivity contribution in [3.8, 4) is 0 Å². The van der Waals surface area contributed by atoms with Crippen molar-refractivity contribution in [2.24, 2.45) is 0 Å². The van der Waals surface area contributed by atoms with Gasteiger partial charge in [0.15, 0.2) is 0 Å². The number of hydrogen-bond acceptors (Lipinski definition) is 5. The maximum absolute atomic E-state index is 12.6. The fourth-order valence-electron chi connectivity index (χ4n) is 2.57. The van der Waals surface area contributed by atoms with Crippen LogP contribution >= 0.6 is 0 Å². The molecule has 7 nitrogen and oxygen atoms in total. The Labute approximate surface area is 134 Å². The molecule has 0 spiro atoms. The van der Waals surface area contributed by atoms with Crippen LogP contribution in [-0.4, -0.2) is 49.0 Å². The van der Waals surface area contributed by atoms with Crippen LogP contribution in [0.25, 0.3) is 11.0 Å². The quantitative estimate of drug-likeness (QED) is 0.904. The molecule has 1 aliphatic rings. The third-order valence-corrected chi connectivity index (χ3v) is 5.74. The van der Waals surface area contributed by atoms with Gasteiger partial charge in [-0.2, -0.15) is 4.31 Å². The van der Waals surface area contributed by atoms with Crippen molar-refractivity contribution in [2.45, 2.75) is 24.7 Å². The van der Waals surface area contributed by atoms with E-state index in [2.05, 4.69) is 9.97 Å². The number of fused-ring (bicyclic) bond motifs is 1. The van der Waals surface area contributed by atoms with Gasteiger partial charge in [-0.15, -0.1) is 0 Å². The van der Waals surface area contributed by atoms with Crippen LogP contribution in [0.1, 0.15) is 25.5 Å². The van der Waals surface area contributed by atoms with Crippen molar-refractivity contribution < 1.29 is 13.2 Å². The molecule has 3 rings (SSSR count). The lowest BCUT2D eigenvalue weighted by molar-refractivity contribution is 0.0730. The van der Waals surface area contributed by atoms with Crippen LogP contribution in [0.15, 0.2) is 27.9 Å². The van der Waals surface area contributed by atoms with E-state index in [-0.39, 0.29) is 16.4 Å². The second-order valence-corrected chi connectivity index (χ2v) is 7.74. The summed E-state index contributed by atoms with van der Waals surface area (Å²) in [6, 6.07) is 4.63. The van der Waals surface area contributed by atoms with Crippen LogP contribution in [0.4, 0.5) is 0 Å². The highest BCUT2D eigenvalue weighted by Crippen LogP contribution is 2.21. The summed E-state index contributed by atoms with van der Waals surface area (Å²) in [7, 11) is -3.59. The number of hydrogen-bond donors (Lipinski definition) is 1. The zero-order chi connectivity index (χ0) is 16.6. The Bertz CT molecular complexity index is 883. The van der Waals surface area contributed by atoms with Crippen molar-refractivity contribution >= 4 is 21.1 Å². The molecule has 1 saturated heterocycles. The van der Waals surface area contributed by atoms with E-state index in [1.54, 1.807) is 6.07 Å². The Morgan fingerprint density at radius 3 is 2.61 bits per heavy atom. The highest BCUT2D eigenvalue weighted by Gasteiger charge is 2.26. The minimum atomic E-state index is -3.59. The molecule has 1 aliphatic heterocycles. The molecule has 2 heterocycles. The summed E-state index contributed by atoms with van der Waals surface area (Å²) in [4.78, 5) is 19.3. The predicted molar refractivity (Wildman–Crippen MR) is 86.0 cm³/mol. The molecule has 8 heteroatoms. The topological polar surface area (TPSA) is 92.4 Å². The summed E-state index contributed by atoms with van der Waals surface area (Å²) >= 11 is 0. The molecule has 0 aliphatic carbocycles. The number of benzene rings is 1. The SMILES string of the molecule is CC(C)c1nc2ccc(S(=O)(=O)N3CCOCC3)cc2[nH]c1=O. The Balaban J connectivity index is 2.06. The first-order valence-corrected chi connectivity index (χ1v) is 8.95. The van der Waals surface area contributed by atoms with Crippen molar-refractivity contribution in [1.82, 2.24) is 14.3 Å². The van der Waals surface area contributed by atoms with Gasteiger partial charge in [0.1, 0.15) is 5.69 Å². The molecule has 0 saturated carbocycles. The van der Waals surface area contributed by atoms with E-state index in [9.17, 15) is 13.2 Å². The zero-order valence-corrected chi connectivity index (χ0v) is 13.9. The number of morpholine rings is 1. The van der Waals surface area contributed by atoms with E-state index in [1.165, 1.54) is 16.4 Å². The van der Waals surface area contributed by atoms with Gasteiger partial charge < -0.3 is 9.72 Å². The Morgan fingerprint density at radius 2 is 1.96 bits per heavy atom. The molecule has 23 heavy (non-hydrogen) atoms. The third kappa shape index (κ3) is 3.01. The molecule has 0 amide bonds. The zero-order valence-electron chi connectivity index (χ0n) is 13.1. The standard InChI is InChI=1S/C15H19N3O4S/c1-10(2)14-15(19)17-13-9-11(3-4-12(13)16-14)23(20,21)18-5-7-22-8-6-18/h3-4,9-10H,5-8H2,1-2H3,(H,17,19). The molecule has 1 aromatic carbocycles. The van der Waals surface area contributed by atoms with E-state index in [4.69, 9.17) is 4.74 Å². The lowest BCUT2D eigenvalue weighted by Crippen LogP contribution is -2.40. The Morgan fingerprint density at radius 1 is 1.26 bits per heavy atom. The van der Waals surface area contributed by atoms with E-state index in [0.717, 1.165) is 0 Å². The summed E-state index contributed by atoms with van der Waals surface area (Å²) in [5.74, 6) is -0.0000842. The fourth-order valence-corrected chi connectivity index (χ4v) is 4.00. The number of H-pyrrole nitrogens is 1. The number of nitrogens with one attached hydrogen (secondary N) is 1. The smallest absolute Gasteiger partial charge is 0.270 e. The number of aromatic nitrogens is 2. The molecule has 124 valence electrons. The van der Waals surface area contributed by atoms with Crippen LogP contribution in [0, 0.1) is 0 Å². The van der Waals surface area contributed by atoms with Gasteiger partial charge in [0, 0.05) is 19.0 Å². The van der Waals surface area contributed by atoms with Crippen LogP contribution in [-0.2, 0) is 14.8 Å². The van der Waals surface area contributed by atoms with Crippen molar-refractivity contribution in [1.29, 1.82) is 0 Å². The van der Waals surface area contributed by atoms with Crippen molar-refractivity contribution in [2.75, 3.05) is 26.3 Å². The second kappa shape index (κ2) is 6.03. The minimum absolute atomic E-state index is 0.0000842. The number of rotatable bonds is 3. The normalized spacial score (nSPS) is 17.0. The molecule has 2 aromatic rings. The minimum Gasteiger partial charge on any atom is -0.379 e. The first-order chi connectivity index (χ1) is 10.9. The predicted octanol–water partition coefficient (Wildman–Crippen LogP) is 1.07. The number of sulfonamides is 1. The molecular formula is C15H19N3O4S. The molecule has 1 N–H and O–H groups in total. The van der Waals surface area contributed by atoms with Crippen LogP contribution in [0.5, 0.6) is 0 Å². The number of nitrogens with zero attached hydrogens (tertiary/aromatic N) is 2. The van der Waals surface area contributed by atoms with Gasteiger partial charge in [-0.1, -0.05) is 13.8 Å². The lowest BCUT2D eigenvalue weighted by Gasteiger charge is -2.26. The lowest BCUT2D eigenvalue weighted by atomic mass is 10.1. The average molecular weight is 337 g/mol. The largest absolute Gasteiger partial charge is 0.379 e. The van der Waals surface area contributed by atoms with Gasteiger partial charge in [0.2, 0.25) is 10.0 Å². The number of aromatic amines is 1.